The molecule has 0 aliphatic heterocycles. The van der Waals surface area contributed by atoms with E-state index >= 15 is 0 Å². The molecule has 4 N–H and O–H groups in total. The van der Waals surface area contributed by atoms with Crippen molar-refractivity contribution in [3.63, 3.8) is 0 Å². The highest BCUT2D eigenvalue weighted by molar-refractivity contribution is 5.57. The number of rotatable bonds is 3. The first-order chi connectivity index (χ1) is 9.00. The van der Waals surface area contributed by atoms with E-state index in [9.17, 15) is 20.3 Å². The van der Waals surface area contributed by atoms with Crippen LogP contribution in [-0.2, 0) is 0 Å². The zero-order chi connectivity index (χ0) is 14.0. The molecule has 1 aliphatic carbocycles. The topological polar surface area (TPSA) is 110 Å². The number of nitrogens with zero attached hydrogens (tertiary/aromatic N) is 1. The lowest BCUT2D eigenvalue weighted by Crippen LogP contribution is -2.23. The monoisotopic (exact) mass is 266 g/mol. The summed E-state index contributed by atoms with van der Waals surface area (Å²) in [7, 11) is 0. The highest BCUT2D eigenvalue weighted by Crippen LogP contribution is 2.40. The van der Waals surface area contributed by atoms with E-state index in [4.69, 9.17) is 5.73 Å². The van der Waals surface area contributed by atoms with Crippen LogP contribution < -0.4 is 5.73 Å². The van der Waals surface area contributed by atoms with Crippen molar-refractivity contribution < 1.29 is 15.1 Å². The van der Waals surface area contributed by atoms with Crippen LogP contribution in [0.25, 0.3) is 0 Å². The Morgan fingerprint density at radius 3 is 2.47 bits per heavy atom. The summed E-state index contributed by atoms with van der Waals surface area (Å²) in [6.07, 6.45) is 5.42. The summed E-state index contributed by atoms with van der Waals surface area (Å²) in [5, 5.41) is 29.8. The zero-order valence-electron chi connectivity index (χ0n) is 10.6. The summed E-state index contributed by atoms with van der Waals surface area (Å²) in [6.45, 7) is 0. The van der Waals surface area contributed by atoms with E-state index in [-0.39, 0.29) is 12.0 Å². The lowest BCUT2D eigenvalue weighted by molar-refractivity contribution is -0.386. The normalized spacial score (nSPS) is 18.2. The number of nitrogens with two attached hydrogens (primary N) is 1. The Morgan fingerprint density at radius 2 is 1.89 bits per heavy atom. The maximum Gasteiger partial charge on any atom is 0.314 e. The zero-order valence-corrected chi connectivity index (χ0v) is 10.6. The Bertz CT molecular complexity index is 484. The Morgan fingerprint density at radius 1 is 1.26 bits per heavy atom. The molecule has 0 bridgehead atoms. The van der Waals surface area contributed by atoms with Crippen molar-refractivity contribution in [2.45, 2.75) is 38.1 Å². The molecule has 0 saturated heterocycles. The minimum atomic E-state index is -0.716. The molecule has 0 aromatic heterocycles. The van der Waals surface area contributed by atoms with E-state index in [0.717, 1.165) is 25.7 Å². The average molecular weight is 266 g/mol. The largest absolute Gasteiger partial charge is 0.504 e. The van der Waals surface area contributed by atoms with Crippen LogP contribution in [0, 0.1) is 16.0 Å². The molecule has 1 aromatic rings. The number of hydrogen-bond donors (Lipinski definition) is 3. The second-order valence-corrected chi connectivity index (χ2v) is 5.09. The van der Waals surface area contributed by atoms with Gasteiger partial charge in [-0.05, 0) is 30.4 Å². The van der Waals surface area contributed by atoms with Gasteiger partial charge in [-0.1, -0.05) is 19.3 Å². The fraction of sp³-hybridized carbons (Fsp3) is 0.538. The predicted molar refractivity (Wildman–Crippen MR) is 69.9 cm³/mol. The molecular weight excluding hydrogens is 248 g/mol. The Balaban J connectivity index is 2.31. The van der Waals surface area contributed by atoms with E-state index in [0.29, 0.717) is 5.56 Å². The molecule has 1 saturated carbocycles. The highest BCUT2D eigenvalue weighted by Gasteiger charge is 2.26. The Kier molecular flexibility index (Phi) is 3.90. The quantitative estimate of drug-likeness (QED) is 0.442. The van der Waals surface area contributed by atoms with Crippen molar-refractivity contribution >= 4 is 5.69 Å². The lowest BCUT2D eigenvalue weighted by Gasteiger charge is -2.27. The Labute approximate surface area is 111 Å². The lowest BCUT2D eigenvalue weighted by atomic mass is 9.81. The van der Waals surface area contributed by atoms with Crippen molar-refractivity contribution in [2.75, 3.05) is 0 Å². The van der Waals surface area contributed by atoms with E-state index in [2.05, 4.69) is 0 Å². The van der Waals surface area contributed by atoms with Gasteiger partial charge in [0.1, 0.15) is 0 Å². The summed E-state index contributed by atoms with van der Waals surface area (Å²) in [5.74, 6) is -0.919. The molecule has 0 spiro atoms. The number of nitro benzene ring substituents is 1. The summed E-state index contributed by atoms with van der Waals surface area (Å²) < 4.78 is 0. The van der Waals surface area contributed by atoms with Gasteiger partial charge in [0, 0.05) is 12.1 Å². The molecular formula is C13H18N2O4. The molecule has 1 aromatic carbocycles. The van der Waals surface area contributed by atoms with Gasteiger partial charge in [0.15, 0.2) is 5.75 Å². The number of phenols is 2. The van der Waals surface area contributed by atoms with Gasteiger partial charge in [0.25, 0.3) is 0 Å². The van der Waals surface area contributed by atoms with Crippen molar-refractivity contribution in [1.29, 1.82) is 0 Å². The molecule has 0 unspecified atom stereocenters. The van der Waals surface area contributed by atoms with E-state index in [1.807, 2.05) is 0 Å². The molecule has 6 heteroatoms. The number of phenolic OH excluding ortho intramolecular Hbond substituents is 2. The van der Waals surface area contributed by atoms with Crippen molar-refractivity contribution in [3.05, 3.63) is 27.8 Å². The third kappa shape index (κ3) is 2.78. The summed E-state index contributed by atoms with van der Waals surface area (Å²) >= 11 is 0. The molecule has 1 aliphatic rings. The molecule has 19 heavy (non-hydrogen) atoms. The van der Waals surface area contributed by atoms with Gasteiger partial charge < -0.3 is 15.9 Å². The van der Waals surface area contributed by atoms with Crippen LogP contribution in [0.2, 0.25) is 0 Å². The van der Waals surface area contributed by atoms with Crippen molar-refractivity contribution in [3.8, 4) is 11.5 Å². The van der Waals surface area contributed by atoms with Gasteiger partial charge in [0.2, 0.25) is 5.75 Å². The summed E-state index contributed by atoms with van der Waals surface area (Å²) in [5.41, 5.74) is 6.15. The third-order valence-corrected chi connectivity index (χ3v) is 3.83. The fourth-order valence-corrected chi connectivity index (χ4v) is 2.72. The van der Waals surface area contributed by atoms with Crippen LogP contribution in [0.5, 0.6) is 11.5 Å². The van der Waals surface area contributed by atoms with Crippen molar-refractivity contribution in [2.24, 2.45) is 11.7 Å². The molecule has 104 valence electrons. The van der Waals surface area contributed by atoms with Gasteiger partial charge in [-0.3, -0.25) is 10.1 Å². The number of hydrogen-bond acceptors (Lipinski definition) is 5. The standard InChI is InChI=1S/C13H18N2O4/c14-12(8-4-2-1-3-5-8)9-6-10(15(18)19)13(17)11(16)7-9/h6-8,12,16-17H,1-5,14H2/t12-/m0/s1. The third-order valence-electron chi connectivity index (χ3n) is 3.83. The highest BCUT2D eigenvalue weighted by atomic mass is 16.6. The second-order valence-electron chi connectivity index (χ2n) is 5.09. The predicted octanol–water partition coefficient (Wildman–Crippen LogP) is 2.59. The van der Waals surface area contributed by atoms with Gasteiger partial charge in [-0.2, -0.15) is 0 Å². The maximum atomic E-state index is 10.8. The van der Waals surface area contributed by atoms with Gasteiger partial charge in [0.05, 0.1) is 4.92 Å². The first kappa shape index (κ1) is 13.6. The average Bonchev–Trinajstić information content (AvgIpc) is 2.41. The molecule has 0 radical (unpaired) electrons. The minimum Gasteiger partial charge on any atom is -0.504 e. The van der Waals surface area contributed by atoms with Gasteiger partial charge in [-0.25, -0.2) is 0 Å². The number of benzene rings is 1. The number of nitro groups is 1. The molecule has 2 rings (SSSR count). The Hall–Kier alpha value is -1.82. The van der Waals surface area contributed by atoms with E-state index in [1.165, 1.54) is 18.6 Å². The van der Waals surface area contributed by atoms with Gasteiger partial charge in [-0.15, -0.1) is 0 Å². The first-order valence-electron chi connectivity index (χ1n) is 6.46. The van der Waals surface area contributed by atoms with Crippen LogP contribution >= 0.6 is 0 Å². The van der Waals surface area contributed by atoms with E-state index < -0.39 is 22.1 Å². The SMILES string of the molecule is N[C@H](c1cc(O)c(O)c([N+](=O)[O-])c1)C1CCCCC1. The smallest absolute Gasteiger partial charge is 0.314 e. The van der Waals surface area contributed by atoms with Crippen LogP contribution in [-0.4, -0.2) is 15.1 Å². The van der Waals surface area contributed by atoms with Gasteiger partial charge >= 0.3 is 5.69 Å². The van der Waals surface area contributed by atoms with Crippen LogP contribution in [0.3, 0.4) is 0 Å². The molecule has 0 amide bonds. The first-order valence-corrected chi connectivity index (χ1v) is 6.46. The molecule has 1 atom stereocenters. The van der Waals surface area contributed by atoms with Crippen LogP contribution in [0.15, 0.2) is 12.1 Å². The molecule has 6 nitrogen and oxygen atoms in total. The molecule has 1 fully saturated rings. The second kappa shape index (κ2) is 5.44. The number of aromatic hydroxyl groups is 2. The summed E-state index contributed by atoms with van der Waals surface area (Å²) in [4.78, 5) is 10.1. The molecule has 0 heterocycles. The minimum absolute atomic E-state index is 0.275. The maximum absolute atomic E-state index is 10.8. The van der Waals surface area contributed by atoms with Crippen molar-refractivity contribution in [1.82, 2.24) is 0 Å². The fourth-order valence-electron chi connectivity index (χ4n) is 2.72. The van der Waals surface area contributed by atoms with Crippen LogP contribution in [0.4, 0.5) is 5.69 Å². The van der Waals surface area contributed by atoms with Crippen LogP contribution in [0.1, 0.15) is 43.7 Å². The van der Waals surface area contributed by atoms with E-state index in [1.54, 1.807) is 0 Å². The summed E-state index contributed by atoms with van der Waals surface area (Å²) in [6, 6.07) is 2.24.